The molecule has 3 heteroatoms. The summed E-state index contributed by atoms with van der Waals surface area (Å²) in [5, 5.41) is 0. The average Bonchev–Trinajstić information content (AvgIpc) is 1.69. The second-order valence-corrected chi connectivity index (χ2v) is 0.785. The van der Waals surface area contributed by atoms with Crippen LogP contribution in [0, 0.1) is 43.4 Å². The third-order valence-electron chi connectivity index (χ3n) is 0.344. The number of hydrogen-bond donors (Lipinski definition) is 1. The first-order valence-electron chi connectivity index (χ1n) is 1.72. The van der Waals surface area contributed by atoms with Gasteiger partial charge in [0.1, 0.15) is 0 Å². The Hall–Kier alpha value is 0.00195. The van der Waals surface area contributed by atoms with Gasteiger partial charge in [-0.15, -0.1) is 0 Å². The molecule has 0 aromatic heterocycles. The van der Waals surface area contributed by atoms with E-state index in [1.54, 1.807) is 0 Å². The maximum atomic E-state index is 9.45. The number of nitrogens with two attached hydrogens (primary N) is 1. The zero-order chi connectivity index (χ0) is 5.54. The maximum Gasteiger partial charge on any atom is 2.00 e. The molecule has 0 aliphatic rings. The largest absolute Gasteiger partial charge is 2.00 e. The Balaban J connectivity index is 0. The molecule has 0 fully saturated rings. The van der Waals surface area contributed by atoms with Gasteiger partial charge in [0.05, 0.1) is 0 Å². The monoisotopic (exact) mass is 333 g/mol. The van der Waals surface area contributed by atoms with E-state index in [0.29, 0.717) is 6.29 Å². The van der Waals surface area contributed by atoms with Crippen molar-refractivity contribution in [3.05, 3.63) is 24.4 Å². The number of carbonyl (C=O) groups excluding carboxylic acids is 1. The molecule has 0 bridgehead atoms. The molecule has 0 aromatic rings. The summed E-state index contributed by atoms with van der Waals surface area (Å²) in [5.74, 6) is 0. The number of allylic oxidation sites excluding steroid dienone is 3. The SMILES string of the molecule is N[C-]=CC=[C-]C=O.[U+2]. The van der Waals surface area contributed by atoms with Crippen LogP contribution in [0.1, 0.15) is 0 Å². The van der Waals surface area contributed by atoms with Gasteiger partial charge in [0.15, 0.2) is 0 Å². The summed E-state index contributed by atoms with van der Waals surface area (Å²) in [4.78, 5) is 9.45. The number of carbonyl (C=O) groups is 1. The predicted octanol–water partition coefficient (Wildman–Crippen LogP) is -0.180. The Labute approximate surface area is 72.2 Å². The van der Waals surface area contributed by atoms with Crippen molar-refractivity contribution in [1.29, 1.82) is 0 Å². The molecule has 0 rings (SSSR count). The molecular weight excluding hydrogens is 328 g/mol. The van der Waals surface area contributed by atoms with Crippen LogP contribution < -0.4 is 5.73 Å². The molecule has 8 heavy (non-hydrogen) atoms. The molecule has 0 aromatic carbocycles. The zero-order valence-corrected chi connectivity index (χ0v) is 8.38. The molecule has 40 valence electrons. The van der Waals surface area contributed by atoms with Crippen molar-refractivity contribution in [2.75, 3.05) is 0 Å². The summed E-state index contributed by atoms with van der Waals surface area (Å²) < 4.78 is 0. The van der Waals surface area contributed by atoms with Gasteiger partial charge in [0, 0.05) is 6.29 Å². The van der Waals surface area contributed by atoms with E-state index in [1.807, 2.05) is 0 Å². The first-order chi connectivity index (χ1) is 3.41. The fourth-order valence-electron chi connectivity index (χ4n) is 0.136. The minimum Gasteiger partial charge on any atom is -0.508 e. The molecule has 0 heterocycles. The predicted molar refractivity (Wildman–Crippen MR) is 25.9 cm³/mol. The second-order valence-electron chi connectivity index (χ2n) is 0.785. The van der Waals surface area contributed by atoms with Crippen LogP contribution in [-0.2, 0) is 4.79 Å². The summed E-state index contributed by atoms with van der Waals surface area (Å²) in [6.07, 6.45) is 7.77. The maximum absolute atomic E-state index is 9.45. The summed E-state index contributed by atoms with van der Waals surface area (Å²) in [7, 11) is 0. The van der Waals surface area contributed by atoms with E-state index in [1.165, 1.54) is 12.2 Å². The van der Waals surface area contributed by atoms with Crippen LogP contribution in [0.3, 0.4) is 0 Å². The van der Waals surface area contributed by atoms with Crippen molar-refractivity contribution in [1.82, 2.24) is 0 Å². The van der Waals surface area contributed by atoms with Crippen molar-refractivity contribution in [3.63, 3.8) is 0 Å². The first kappa shape index (κ1) is 10.9. The van der Waals surface area contributed by atoms with E-state index in [4.69, 9.17) is 5.73 Å². The van der Waals surface area contributed by atoms with E-state index in [2.05, 4.69) is 12.3 Å². The zero-order valence-electron chi connectivity index (χ0n) is 4.22. The van der Waals surface area contributed by atoms with Gasteiger partial charge in [0.2, 0.25) is 0 Å². The van der Waals surface area contributed by atoms with E-state index >= 15 is 0 Å². The molecular formula is C5H5NOU. The Morgan fingerprint density at radius 2 is 2.00 bits per heavy atom. The first-order valence-corrected chi connectivity index (χ1v) is 1.72. The van der Waals surface area contributed by atoms with Crippen LogP contribution in [0.15, 0.2) is 12.2 Å². The molecule has 0 aliphatic heterocycles. The molecule has 0 saturated carbocycles. The topological polar surface area (TPSA) is 43.1 Å². The van der Waals surface area contributed by atoms with Crippen LogP contribution in [0.25, 0.3) is 0 Å². The van der Waals surface area contributed by atoms with Gasteiger partial charge in [-0.25, -0.2) is 0 Å². The molecule has 0 unspecified atom stereocenters. The van der Waals surface area contributed by atoms with E-state index in [9.17, 15) is 4.79 Å². The molecule has 0 saturated heterocycles. The van der Waals surface area contributed by atoms with Crippen molar-refractivity contribution < 1.29 is 35.9 Å². The number of hydrogen-bond acceptors (Lipinski definition) is 2. The summed E-state index contributed by atoms with van der Waals surface area (Å²) in [6.45, 7) is 0. The molecule has 0 spiro atoms. The Kier molecular flexibility index (Phi) is 13.7. The van der Waals surface area contributed by atoms with Gasteiger partial charge < -0.3 is 28.8 Å². The third kappa shape index (κ3) is 9.38. The minimum atomic E-state index is 0. The van der Waals surface area contributed by atoms with Crippen LogP contribution in [0.5, 0.6) is 0 Å². The van der Waals surface area contributed by atoms with Gasteiger partial charge >= 0.3 is 31.1 Å². The Morgan fingerprint density at radius 1 is 1.38 bits per heavy atom. The standard InChI is InChI=1S/C5H5NO.U/c6-4-2-1-3-5-7;/h1-2,5H,6H2;/q-2;+2. The van der Waals surface area contributed by atoms with E-state index < -0.39 is 0 Å². The fraction of sp³-hybridized carbons (Fsp3) is 0. The average molecular weight is 333 g/mol. The molecule has 0 radical (unpaired) electrons. The molecule has 0 amide bonds. The molecule has 0 atom stereocenters. The van der Waals surface area contributed by atoms with E-state index in [-0.39, 0.29) is 31.1 Å². The van der Waals surface area contributed by atoms with Gasteiger partial charge in [-0.1, -0.05) is 0 Å². The normalized spacial score (nSPS) is 9.50. The number of aldehydes is 1. The summed E-state index contributed by atoms with van der Waals surface area (Å²) in [5.41, 5.74) is 4.78. The van der Waals surface area contributed by atoms with Crippen molar-refractivity contribution in [2.24, 2.45) is 5.73 Å². The molecule has 0 aliphatic carbocycles. The quantitative estimate of drug-likeness (QED) is 0.251. The van der Waals surface area contributed by atoms with Gasteiger partial charge in [0.25, 0.3) is 0 Å². The Bertz CT molecular complexity index is 98.6. The Morgan fingerprint density at radius 3 is 2.38 bits per heavy atom. The molecule has 2 N–H and O–H groups in total. The minimum absolute atomic E-state index is 0. The van der Waals surface area contributed by atoms with Crippen molar-refractivity contribution >= 4 is 6.29 Å². The smallest absolute Gasteiger partial charge is 0.508 e. The van der Waals surface area contributed by atoms with Crippen LogP contribution in [0.2, 0.25) is 0 Å². The van der Waals surface area contributed by atoms with Gasteiger partial charge in [-0.2, -0.15) is 0 Å². The van der Waals surface area contributed by atoms with Crippen molar-refractivity contribution in [3.8, 4) is 0 Å². The van der Waals surface area contributed by atoms with Gasteiger partial charge in [-0.3, -0.25) is 6.20 Å². The summed E-state index contributed by atoms with van der Waals surface area (Å²) in [6, 6.07) is 0. The third-order valence-corrected chi connectivity index (χ3v) is 0.344. The number of rotatable bonds is 2. The molecule has 2 nitrogen and oxygen atoms in total. The second kappa shape index (κ2) is 10.1. The van der Waals surface area contributed by atoms with Gasteiger partial charge in [-0.05, 0) is 0 Å². The van der Waals surface area contributed by atoms with E-state index in [0.717, 1.165) is 0 Å². The van der Waals surface area contributed by atoms with Crippen molar-refractivity contribution in [2.45, 2.75) is 0 Å². The van der Waals surface area contributed by atoms with Crippen LogP contribution in [-0.4, -0.2) is 6.29 Å². The summed E-state index contributed by atoms with van der Waals surface area (Å²) >= 11 is 0. The fourth-order valence-corrected chi connectivity index (χ4v) is 0.136. The van der Waals surface area contributed by atoms with Crippen LogP contribution >= 0.6 is 0 Å². The van der Waals surface area contributed by atoms with Crippen LogP contribution in [0.4, 0.5) is 0 Å².